The van der Waals surface area contributed by atoms with Gasteiger partial charge in [0.1, 0.15) is 16.1 Å². The molecule has 2 N–H and O–H groups in total. The van der Waals surface area contributed by atoms with Crippen molar-refractivity contribution < 1.29 is 9.34 Å². The smallest absolute Gasteiger partial charge is 0.400 e. The Morgan fingerprint density at radius 2 is 1.86 bits per heavy atom. The second kappa shape index (κ2) is 5.95. The van der Waals surface area contributed by atoms with Crippen LogP contribution in [0.2, 0.25) is 0 Å². The van der Waals surface area contributed by atoms with Gasteiger partial charge >= 0.3 is 5.88 Å². The Bertz CT molecular complexity index is 784. The molecule has 0 fully saturated rings. The van der Waals surface area contributed by atoms with E-state index < -0.39 is 4.92 Å². The van der Waals surface area contributed by atoms with E-state index in [1.54, 1.807) is 6.07 Å². The van der Waals surface area contributed by atoms with Crippen LogP contribution in [0.3, 0.4) is 0 Å². The number of halogens is 1. The van der Waals surface area contributed by atoms with Gasteiger partial charge in [0.25, 0.3) is 0 Å². The highest BCUT2D eigenvalue weighted by Gasteiger charge is 2.25. The Balaban J connectivity index is 0.00000161. The van der Waals surface area contributed by atoms with E-state index in [9.17, 15) is 10.1 Å². The lowest BCUT2D eigenvalue weighted by Crippen LogP contribution is -1.95. The molecule has 0 radical (unpaired) electrons. The SMILES string of the molecule is Cl.NCc1ccc2oc([N+](=O)[O-])c(-c3ccccc3)c2c1. The molecule has 0 spiro atoms. The fourth-order valence-corrected chi connectivity index (χ4v) is 2.27. The van der Waals surface area contributed by atoms with E-state index in [4.69, 9.17) is 10.2 Å². The van der Waals surface area contributed by atoms with Crippen LogP contribution in [-0.4, -0.2) is 4.92 Å². The van der Waals surface area contributed by atoms with E-state index >= 15 is 0 Å². The summed E-state index contributed by atoms with van der Waals surface area (Å²) in [5.74, 6) is -0.236. The summed E-state index contributed by atoms with van der Waals surface area (Å²) in [5, 5.41) is 11.9. The highest BCUT2D eigenvalue weighted by atomic mass is 35.5. The predicted molar refractivity (Wildman–Crippen MR) is 83.4 cm³/mol. The first-order valence-corrected chi connectivity index (χ1v) is 6.16. The lowest BCUT2D eigenvalue weighted by atomic mass is 10.0. The zero-order valence-corrected chi connectivity index (χ0v) is 11.8. The minimum Gasteiger partial charge on any atom is -0.400 e. The molecule has 0 aliphatic rings. The number of nitro groups is 1. The molecule has 21 heavy (non-hydrogen) atoms. The normalized spacial score (nSPS) is 10.3. The van der Waals surface area contributed by atoms with Gasteiger partial charge in [0.2, 0.25) is 0 Å². The number of hydrogen-bond acceptors (Lipinski definition) is 4. The second-order valence-electron chi connectivity index (χ2n) is 4.44. The topological polar surface area (TPSA) is 82.3 Å². The van der Waals surface area contributed by atoms with Crippen LogP contribution in [0.25, 0.3) is 22.1 Å². The van der Waals surface area contributed by atoms with Crippen molar-refractivity contribution in [2.75, 3.05) is 0 Å². The molecule has 0 saturated carbocycles. The Labute approximate surface area is 126 Å². The predicted octanol–water partition coefficient (Wildman–Crippen LogP) is 3.89. The summed E-state index contributed by atoms with van der Waals surface area (Å²) in [4.78, 5) is 10.7. The molecular formula is C15H13ClN2O3. The van der Waals surface area contributed by atoms with Crippen molar-refractivity contribution in [3.63, 3.8) is 0 Å². The number of benzene rings is 2. The fraction of sp³-hybridized carbons (Fsp3) is 0.0667. The van der Waals surface area contributed by atoms with E-state index in [1.807, 2.05) is 42.5 Å². The zero-order valence-electron chi connectivity index (χ0n) is 11.0. The Hall–Kier alpha value is -2.37. The summed E-state index contributed by atoms with van der Waals surface area (Å²) in [7, 11) is 0. The minimum absolute atomic E-state index is 0. The molecule has 0 aliphatic heterocycles. The van der Waals surface area contributed by atoms with E-state index in [1.165, 1.54) is 0 Å². The summed E-state index contributed by atoms with van der Waals surface area (Å²) in [6.45, 7) is 0.378. The largest absolute Gasteiger partial charge is 0.442 e. The first-order chi connectivity index (χ1) is 9.70. The van der Waals surface area contributed by atoms with Gasteiger partial charge < -0.3 is 10.2 Å². The number of hydrogen-bond donors (Lipinski definition) is 1. The molecule has 2 aromatic carbocycles. The second-order valence-corrected chi connectivity index (χ2v) is 4.44. The maximum atomic E-state index is 11.2. The Morgan fingerprint density at radius 1 is 1.14 bits per heavy atom. The lowest BCUT2D eigenvalue weighted by molar-refractivity contribution is -0.400. The number of fused-ring (bicyclic) bond motifs is 1. The molecule has 108 valence electrons. The van der Waals surface area contributed by atoms with Gasteiger partial charge in [0, 0.05) is 11.9 Å². The van der Waals surface area contributed by atoms with E-state index in [2.05, 4.69) is 0 Å². The molecule has 5 nitrogen and oxygen atoms in total. The van der Waals surface area contributed by atoms with Crippen LogP contribution in [0.4, 0.5) is 5.88 Å². The summed E-state index contributed by atoms with van der Waals surface area (Å²) in [6, 6.07) is 14.6. The maximum Gasteiger partial charge on any atom is 0.442 e. The molecule has 1 heterocycles. The van der Waals surface area contributed by atoms with Gasteiger partial charge in [-0.1, -0.05) is 36.4 Å². The Morgan fingerprint density at radius 3 is 2.48 bits per heavy atom. The van der Waals surface area contributed by atoms with Crippen LogP contribution in [0.1, 0.15) is 5.56 Å². The molecular weight excluding hydrogens is 292 g/mol. The van der Waals surface area contributed by atoms with Crippen molar-refractivity contribution in [2.24, 2.45) is 5.73 Å². The van der Waals surface area contributed by atoms with E-state index in [-0.39, 0.29) is 18.3 Å². The molecule has 0 amide bonds. The zero-order chi connectivity index (χ0) is 14.1. The van der Waals surface area contributed by atoms with Crippen molar-refractivity contribution in [1.82, 2.24) is 0 Å². The molecule has 3 rings (SSSR count). The molecule has 6 heteroatoms. The summed E-state index contributed by atoms with van der Waals surface area (Å²) >= 11 is 0. The van der Waals surface area contributed by atoms with Gasteiger partial charge in [-0.2, -0.15) is 0 Å². The van der Waals surface area contributed by atoms with Crippen molar-refractivity contribution in [3.05, 3.63) is 64.2 Å². The molecule has 0 bridgehead atoms. The third-order valence-corrected chi connectivity index (χ3v) is 3.20. The van der Waals surface area contributed by atoms with Gasteiger partial charge in [-0.25, -0.2) is 0 Å². The first-order valence-electron chi connectivity index (χ1n) is 6.16. The fourth-order valence-electron chi connectivity index (χ4n) is 2.27. The summed E-state index contributed by atoms with van der Waals surface area (Å²) < 4.78 is 5.37. The van der Waals surface area contributed by atoms with Gasteiger partial charge in [-0.05, 0) is 23.3 Å². The van der Waals surface area contributed by atoms with Crippen LogP contribution >= 0.6 is 12.4 Å². The average Bonchev–Trinajstić information content (AvgIpc) is 2.86. The molecule has 1 aromatic heterocycles. The standard InChI is InChI=1S/C15H12N2O3.ClH/c16-9-10-6-7-13-12(8-10)14(15(20-13)17(18)19)11-4-2-1-3-5-11;/h1-8H,9,16H2;1H. The number of furan rings is 1. The molecule has 0 atom stereocenters. The van der Waals surface area contributed by atoms with Gasteiger partial charge in [0.15, 0.2) is 0 Å². The van der Waals surface area contributed by atoms with Crippen LogP contribution in [0.15, 0.2) is 52.9 Å². The third-order valence-electron chi connectivity index (χ3n) is 3.20. The van der Waals surface area contributed by atoms with Gasteiger partial charge in [-0.15, -0.1) is 12.4 Å². The van der Waals surface area contributed by atoms with Crippen LogP contribution in [-0.2, 0) is 6.54 Å². The van der Waals surface area contributed by atoms with Gasteiger partial charge in [-0.3, -0.25) is 10.1 Å². The summed E-state index contributed by atoms with van der Waals surface area (Å²) in [5.41, 5.74) is 8.29. The lowest BCUT2D eigenvalue weighted by Gasteiger charge is -1.99. The number of nitrogens with zero attached hydrogens (tertiary/aromatic N) is 1. The maximum absolute atomic E-state index is 11.2. The number of rotatable bonds is 3. The van der Waals surface area contributed by atoms with Crippen molar-refractivity contribution >= 4 is 29.3 Å². The number of nitrogens with two attached hydrogens (primary N) is 1. The van der Waals surface area contributed by atoms with E-state index in [0.29, 0.717) is 23.1 Å². The van der Waals surface area contributed by atoms with Crippen molar-refractivity contribution in [1.29, 1.82) is 0 Å². The van der Waals surface area contributed by atoms with Crippen molar-refractivity contribution in [2.45, 2.75) is 6.54 Å². The molecule has 0 unspecified atom stereocenters. The van der Waals surface area contributed by atoms with E-state index in [0.717, 1.165) is 11.1 Å². The van der Waals surface area contributed by atoms with Crippen LogP contribution in [0.5, 0.6) is 0 Å². The highest BCUT2D eigenvalue weighted by molar-refractivity contribution is 5.98. The average molecular weight is 305 g/mol. The quantitative estimate of drug-likeness (QED) is 0.588. The third kappa shape index (κ3) is 2.61. The Kier molecular flexibility index (Phi) is 4.26. The molecule has 0 saturated heterocycles. The highest BCUT2D eigenvalue weighted by Crippen LogP contribution is 2.39. The molecule has 3 aromatic rings. The van der Waals surface area contributed by atoms with Gasteiger partial charge in [0.05, 0.1) is 0 Å². The molecule has 0 aliphatic carbocycles. The van der Waals surface area contributed by atoms with Crippen molar-refractivity contribution in [3.8, 4) is 11.1 Å². The monoisotopic (exact) mass is 304 g/mol. The van der Waals surface area contributed by atoms with Crippen LogP contribution < -0.4 is 5.73 Å². The summed E-state index contributed by atoms with van der Waals surface area (Å²) in [6.07, 6.45) is 0. The first kappa shape index (κ1) is 15.0. The van der Waals surface area contributed by atoms with Crippen LogP contribution in [0, 0.1) is 10.1 Å². The minimum atomic E-state index is -0.496.